The summed E-state index contributed by atoms with van der Waals surface area (Å²) in [5, 5.41) is 3.11. The van der Waals surface area contributed by atoms with Gasteiger partial charge in [-0.25, -0.2) is 4.98 Å². The van der Waals surface area contributed by atoms with Crippen LogP contribution in [0.4, 0.5) is 5.13 Å². The van der Waals surface area contributed by atoms with Gasteiger partial charge in [0, 0.05) is 13.1 Å². The van der Waals surface area contributed by atoms with Crippen molar-refractivity contribution in [3.63, 3.8) is 0 Å². The highest BCUT2D eigenvalue weighted by Crippen LogP contribution is 2.26. The number of hydrogen-bond donors (Lipinski definition) is 1. The molecule has 130 valence electrons. The Morgan fingerprint density at radius 2 is 1.85 bits per heavy atom. The number of aromatic nitrogens is 1. The van der Waals surface area contributed by atoms with Crippen LogP contribution in [0.15, 0.2) is 54.6 Å². The van der Waals surface area contributed by atoms with Gasteiger partial charge in [-0.15, -0.1) is 0 Å². The molecule has 1 atom stereocenters. The number of anilines is 1. The molecular formula is C19H15N3O3S. The summed E-state index contributed by atoms with van der Waals surface area (Å²) >= 11 is 1.34. The fourth-order valence-electron chi connectivity index (χ4n) is 2.95. The summed E-state index contributed by atoms with van der Waals surface area (Å²) in [6.45, 7) is 0.402. The van der Waals surface area contributed by atoms with E-state index in [1.54, 1.807) is 0 Å². The zero-order chi connectivity index (χ0) is 18.1. The standard InChI is InChI=1S/C19H15N3O3S/c23-16-13(11-22(18(16)25)10-12-6-2-1-3-7-12)17(24)21-19-20-14-8-4-5-9-15(14)26-19/h1-9,13H,10-11H2,(H,20,21,24). The normalized spacial score (nSPS) is 17.1. The number of hydrogen-bond acceptors (Lipinski definition) is 5. The lowest BCUT2D eigenvalue weighted by Crippen LogP contribution is -2.29. The van der Waals surface area contributed by atoms with E-state index in [4.69, 9.17) is 0 Å². The number of fused-ring (bicyclic) bond motifs is 1. The average Bonchev–Trinajstić information content (AvgIpc) is 3.18. The molecular weight excluding hydrogens is 350 g/mol. The van der Waals surface area contributed by atoms with Gasteiger partial charge in [0.1, 0.15) is 5.92 Å². The van der Waals surface area contributed by atoms with E-state index in [1.807, 2.05) is 54.6 Å². The number of benzene rings is 2. The van der Waals surface area contributed by atoms with Crippen LogP contribution in [0.25, 0.3) is 10.2 Å². The third-order valence-electron chi connectivity index (χ3n) is 4.27. The Balaban J connectivity index is 1.47. The second-order valence-electron chi connectivity index (χ2n) is 6.06. The lowest BCUT2D eigenvalue weighted by molar-refractivity contribution is -0.142. The molecule has 7 heteroatoms. The van der Waals surface area contributed by atoms with Gasteiger partial charge in [-0.1, -0.05) is 53.8 Å². The first kappa shape index (κ1) is 16.4. The number of Topliss-reactive ketones (excluding diaryl/α,β-unsaturated/α-hetero) is 1. The molecule has 0 spiro atoms. The van der Waals surface area contributed by atoms with E-state index in [0.717, 1.165) is 15.8 Å². The molecule has 2 heterocycles. The van der Waals surface area contributed by atoms with Crippen molar-refractivity contribution in [3.05, 3.63) is 60.2 Å². The Kier molecular flexibility index (Phi) is 4.22. The number of rotatable bonds is 4. The summed E-state index contributed by atoms with van der Waals surface area (Å²) in [5.74, 6) is -2.77. The summed E-state index contributed by atoms with van der Waals surface area (Å²) in [6.07, 6.45) is 0. The van der Waals surface area contributed by atoms with Crippen LogP contribution >= 0.6 is 11.3 Å². The molecule has 2 aromatic carbocycles. The highest BCUT2D eigenvalue weighted by molar-refractivity contribution is 7.22. The number of ketones is 1. The van der Waals surface area contributed by atoms with Crippen LogP contribution in [0.1, 0.15) is 5.56 Å². The highest BCUT2D eigenvalue weighted by atomic mass is 32.1. The zero-order valence-corrected chi connectivity index (χ0v) is 14.5. The quantitative estimate of drug-likeness (QED) is 0.569. The molecule has 3 aromatic rings. The molecule has 0 bridgehead atoms. The van der Waals surface area contributed by atoms with Crippen molar-refractivity contribution < 1.29 is 14.4 Å². The number of likely N-dealkylation sites (tertiary alicyclic amines) is 1. The minimum Gasteiger partial charge on any atom is -0.330 e. The maximum atomic E-state index is 12.5. The molecule has 0 aliphatic carbocycles. The molecule has 2 amide bonds. The van der Waals surface area contributed by atoms with Gasteiger partial charge in [0.2, 0.25) is 11.7 Å². The van der Waals surface area contributed by atoms with E-state index in [0.29, 0.717) is 11.7 Å². The Morgan fingerprint density at radius 1 is 1.12 bits per heavy atom. The molecule has 4 rings (SSSR count). The van der Waals surface area contributed by atoms with Crippen LogP contribution in [0.2, 0.25) is 0 Å². The maximum absolute atomic E-state index is 12.5. The summed E-state index contributed by atoms with van der Waals surface area (Å²) < 4.78 is 0.947. The fourth-order valence-corrected chi connectivity index (χ4v) is 3.82. The number of para-hydroxylation sites is 1. The van der Waals surface area contributed by atoms with Gasteiger partial charge in [-0.2, -0.15) is 0 Å². The van der Waals surface area contributed by atoms with Crippen LogP contribution < -0.4 is 5.32 Å². The predicted octanol–water partition coefficient (Wildman–Crippen LogP) is 2.46. The second-order valence-corrected chi connectivity index (χ2v) is 7.09. The van der Waals surface area contributed by atoms with Crippen LogP contribution in [0, 0.1) is 5.92 Å². The molecule has 0 radical (unpaired) electrons. The highest BCUT2D eigenvalue weighted by Gasteiger charge is 2.43. The van der Waals surface area contributed by atoms with E-state index in [9.17, 15) is 14.4 Å². The first-order chi connectivity index (χ1) is 12.6. The predicted molar refractivity (Wildman–Crippen MR) is 98.6 cm³/mol. The topological polar surface area (TPSA) is 79.4 Å². The van der Waals surface area contributed by atoms with Crippen molar-refractivity contribution in [2.24, 2.45) is 5.92 Å². The van der Waals surface area contributed by atoms with Gasteiger partial charge >= 0.3 is 0 Å². The molecule has 1 aliphatic heterocycles. The van der Waals surface area contributed by atoms with Crippen LogP contribution in [-0.2, 0) is 20.9 Å². The van der Waals surface area contributed by atoms with E-state index in [-0.39, 0.29) is 6.54 Å². The Labute approximate surface area is 153 Å². The Bertz CT molecular complexity index is 966. The first-order valence-electron chi connectivity index (χ1n) is 8.15. The molecule has 26 heavy (non-hydrogen) atoms. The van der Waals surface area contributed by atoms with Crippen molar-refractivity contribution in [2.75, 3.05) is 11.9 Å². The Morgan fingerprint density at radius 3 is 2.62 bits per heavy atom. The molecule has 1 saturated heterocycles. The molecule has 1 fully saturated rings. The number of thiazole rings is 1. The summed E-state index contributed by atoms with van der Waals surface area (Å²) in [6, 6.07) is 16.9. The summed E-state index contributed by atoms with van der Waals surface area (Å²) in [7, 11) is 0. The maximum Gasteiger partial charge on any atom is 0.291 e. The summed E-state index contributed by atoms with van der Waals surface area (Å²) in [5.41, 5.74) is 1.70. The zero-order valence-electron chi connectivity index (χ0n) is 13.7. The first-order valence-corrected chi connectivity index (χ1v) is 8.97. The molecule has 6 nitrogen and oxygen atoms in total. The Hall–Kier alpha value is -3.06. The lowest BCUT2D eigenvalue weighted by Gasteiger charge is -2.15. The molecule has 1 aliphatic rings. The summed E-state index contributed by atoms with van der Waals surface area (Å²) in [4.78, 5) is 42.7. The monoisotopic (exact) mass is 365 g/mol. The molecule has 1 unspecified atom stereocenters. The van der Waals surface area contributed by atoms with Crippen molar-refractivity contribution in [3.8, 4) is 0 Å². The van der Waals surface area contributed by atoms with Crippen molar-refractivity contribution in [2.45, 2.75) is 6.54 Å². The molecule has 1 N–H and O–H groups in total. The molecule has 1 aromatic heterocycles. The van der Waals surface area contributed by atoms with Gasteiger partial charge in [-0.3, -0.25) is 14.4 Å². The van der Waals surface area contributed by atoms with E-state index < -0.39 is 23.5 Å². The largest absolute Gasteiger partial charge is 0.330 e. The van der Waals surface area contributed by atoms with E-state index >= 15 is 0 Å². The minimum atomic E-state index is -1.00. The lowest BCUT2D eigenvalue weighted by atomic mass is 10.1. The van der Waals surface area contributed by atoms with Gasteiger partial charge in [-0.05, 0) is 17.7 Å². The van der Waals surface area contributed by atoms with Crippen LogP contribution in [-0.4, -0.2) is 34.0 Å². The van der Waals surface area contributed by atoms with Crippen LogP contribution in [0.5, 0.6) is 0 Å². The number of nitrogens with one attached hydrogen (secondary N) is 1. The fraction of sp³-hybridized carbons (Fsp3) is 0.158. The second kappa shape index (κ2) is 6.68. The van der Waals surface area contributed by atoms with Crippen molar-refractivity contribution in [1.82, 2.24) is 9.88 Å². The van der Waals surface area contributed by atoms with Crippen LogP contribution in [0.3, 0.4) is 0 Å². The van der Waals surface area contributed by atoms with Gasteiger partial charge in [0.25, 0.3) is 5.91 Å². The third kappa shape index (κ3) is 3.09. The van der Waals surface area contributed by atoms with Gasteiger partial charge in [0.05, 0.1) is 10.2 Å². The number of carbonyl (C=O) groups is 3. The average molecular weight is 365 g/mol. The third-order valence-corrected chi connectivity index (χ3v) is 5.23. The van der Waals surface area contributed by atoms with E-state index in [2.05, 4.69) is 10.3 Å². The molecule has 0 saturated carbocycles. The van der Waals surface area contributed by atoms with Crippen molar-refractivity contribution >= 4 is 44.3 Å². The number of nitrogens with zero attached hydrogens (tertiary/aromatic N) is 2. The number of carbonyl (C=O) groups excluding carboxylic acids is 3. The van der Waals surface area contributed by atoms with Gasteiger partial charge < -0.3 is 10.2 Å². The minimum absolute atomic E-state index is 0.0866. The van der Waals surface area contributed by atoms with Gasteiger partial charge in [0.15, 0.2) is 5.13 Å². The van der Waals surface area contributed by atoms with E-state index in [1.165, 1.54) is 16.2 Å². The number of amides is 2. The smallest absolute Gasteiger partial charge is 0.291 e. The van der Waals surface area contributed by atoms with Crippen molar-refractivity contribution in [1.29, 1.82) is 0 Å². The SMILES string of the molecule is O=C(Nc1nc2ccccc2s1)C1CN(Cc2ccccc2)C(=O)C1=O.